The summed E-state index contributed by atoms with van der Waals surface area (Å²) >= 11 is 0. The van der Waals surface area contributed by atoms with Crippen LogP contribution in [-0.2, 0) is 6.54 Å². The van der Waals surface area contributed by atoms with E-state index in [1.165, 1.54) is 0 Å². The van der Waals surface area contributed by atoms with Crippen LogP contribution >= 0.6 is 0 Å². The van der Waals surface area contributed by atoms with Crippen molar-refractivity contribution < 1.29 is 18.6 Å². The fourth-order valence-corrected chi connectivity index (χ4v) is 1.59. The van der Waals surface area contributed by atoms with Crippen molar-refractivity contribution in [3.63, 3.8) is 0 Å². The number of nitrogens with one attached hydrogen (secondary N) is 1. The fraction of sp³-hybridized carbons (Fsp3) is 0.538. The third-order valence-corrected chi connectivity index (χ3v) is 2.42. The summed E-state index contributed by atoms with van der Waals surface area (Å²) in [7, 11) is 3.10. The monoisotopic (exact) mass is 257 g/mol. The van der Waals surface area contributed by atoms with Gasteiger partial charge in [-0.15, -0.1) is 0 Å². The first-order valence-corrected chi connectivity index (χ1v) is 5.91. The molecule has 0 fully saturated rings. The summed E-state index contributed by atoms with van der Waals surface area (Å²) in [6.07, 6.45) is 0. The van der Waals surface area contributed by atoms with Gasteiger partial charge in [0.2, 0.25) is 5.75 Å². The van der Waals surface area contributed by atoms with Gasteiger partial charge in [0.15, 0.2) is 11.5 Å². The molecule has 0 aliphatic carbocycles. The highest BCUT2D eigenvalue weighted by Crippen LogP contribution is 2.38. The first-order chi connectivity index (χ1) is 8.76. The van der Waals surface area contributed by atoms with E-state index in [9.17, 15) is 4.39 Å². The minimum Gasteiger partial charge on any atom is -0.493 e. The zero-order valence-electron chi connectivity index (χ0n) is 11.1. The number of hydrogen-bond acceptors (Lipinski definition) is 4. The largest absolute Gasteiger partial charge is 0.493 e. The van der Waals surface area contributed by atoms with Crippen LogP contribution in [0.25, 0.3) is 0 Å². The molecule has 0 heterocycles. The van der Waals surface area contributed by atoms with Crippen LogP contribution in [0.15, 0.2) is 12.1 Å². The molecule has 0 atom stereocenters. The fourth-order valence-electron chi connectivity index (χ4n) is 1.59. The van der Waals surface area contributed by atoms with Crippen LogP contribution in [0.2, 0.25) is 0 Å². The van der Waals surface area contributed by atoms with Crippen molar-refractivity contribution in [1.82, 2.24) is 5.32 Å². The van der Waals surface area contributed by atoms with Gasteiger partial charge in [-0.2, -0.15) is 0 Å². The molecular weight excluding hydrogens is 237 g/mol. The summed E-state index contributed by atoms with van der Waals surface area (Å²) in [5.41, 5.74) is 1.03. The third kappa shape index (κ3) is 3.77. The van der Waals surface area contributed by atoms with Crippen molar-refractivity contribution in [2.45, 2.75) is 13.5 Å². The molecule has 18 heavy (non-hydrogen) atoms. The lowest BCUT2D eigenvalue weighted by atomic mass is 10.1. The van der Waals surface area contributed by atoms with Gasteiger partial charge < -0.3 is 19.5 Å². The van der Waals surface area contributed by atoms with E-state index in [-0.39, 0.29) is 6.61 Å². The summed E-state index contributed by atoms with van der Waals surface area (Å²) < 4.78 is 28.0. The van der Waals surface area contributed by atoms with Crippen LogP contribution in [0.4, 0.5) is 4.39 Å². The normalized spacial score (nSPS) is 10.2. The van der Waals surface area contributed by atoms with Gasteiger partial charge in [-0.3, -0.25) is 0 Å². The van der Waals surface area contributed by atoms with Crippen LogP contribution in [-0.4, -0.2) is 34.0 Å². The molecule has 1 aromatic carbocycles. The molecule has 1 rings (SSSR count). The van der Waals surface area contributed by atoms with Crippen molar-refractivity contribution in [2.75, 3.05) is 34.0 Å². The Bertz CT molecular complexity index is 346. The molecule has 0 radical (unpaired) electrons. The number of alkyl halides is 1. The van der Waals surface area contributed by atoms with Gasteiger partial charge in [0, 0.05) is 6.54 Å². The van der Waals surface area contributed by atoms with Crippen molar-refractivity contribution in [2.24, 2.45) is 0 Å². The van der Waals surface area contributed by atoms with Crippen LogP contribution in [0.3, 0.4) is 0 Å². The maximum atomic E-state index is 12.2. The quantitative estimate of drug-likeness (QED) is 0.774. The zero-order chi connectivity index (χ0) is 13.4. The summed E-state index contributed by atoms with van der Waals surface area (Å²) in [4.78, 5) is 0. The van der Waals surface area contributed by atoms with Gasteiger partial charge in [0.05, 0.1) is 14.2 Å². The maximum Gasteiger partial charge on any atom is 0.203 e. The first-order valence-electron chi connectivity index (χ1n) is 5.91. The number of rotatable bonds is 8. The van der Waals surface area contributed by atoms with Crippen LogP contribution < -0.4 is 19.5 Å². The van der Waals surface area contributed by atoms with E-state index in [1.54, 1.807) is 14.2 Å². The molecule has 4 nitrogen and oxygen atoms in total. The number of methoxy groups -OCH3 is 2. The molecule has 102 valence electrons. The lowest BCUT2D eigenvalue weighted by Crippen LogP contribution is -2.12. The SMILES string of the molecule is CCNCc1cc(OC)c(OCCF)c(OC)c1. The van der Waals surface area contributed by atoms with Gasteiger partial charge in [-0.1, -0.05) is 6.92 Å². The summed E-state index contributed by atoms with van der Waals surface area (Å²) in [6.45, 7) is 3.06. The van der Waals surface area contributed by atoms with Gasteiger partial charge in [0.25, 0.3) is 0 Å². The van der Waals surface area contributed by atoms with Gasteiger partial charge in [0.1, 0.15) is 13.3 Å². The Hall–Kier alpha value is -1.49. The highest BCUT2D eigenvalue weighted by Gasteiger charge is 2.13. The molecule has 0 unspecified atom stereocenters. The Kier molecular flexibility index (Phi) is 6.28. The second-order valence-electron chi connectivity index (χ2n) is 3.65. The lowest BCUT2D eigenvalue weighted by Gasteiger charge is -2.15. The molecule has 0 spiro atoms. The Labute approximate surface area is 107 Å². The first kappa shape index (κ1) is 14.6. The average Bonchev–Trinajstić information content (AvgIpc) is 2.42. The molecular formula is C13H20FNO3. The predicted molar refractivity (Wildman–Crippen MR) is 68.4 cm³/mol. The molecule has 0 saturated carbocycles. The number of hydrogen-bond donors (Lipinski definition) is 1. The Morgan fingerprint density at radius 2 is 1.78 bits per heavy atom. The molecule has 5 heteroatoms. The molecule has 1 aromatic rings. The van der Waals surface area contributed by atoms with Gasteiger partial charge in [-0.05, 0) is 24.2 Å². The van der Waals surface area contributed by atoms with Crippen LogP contribution in [0.5, 0.6) is 17.2 Å². The standard InChI is InChI=1S/C13H20FNO3/c1-4-15-9-10-7-11(16-2)13(18-6-5-14)12(8-10)17-3/h7-8,15H,4-6,9H2,1-3H3. The van der Waals surface area contributed by atoms with E-state index in [0.29, 0.717) is 23.8 Å². The highest BCUT2D eigenvalue weighted by atomic mass is 19.1. The average molecular weight is 257 g/mol. The van der Waals surface area contributed by atoms with E-state index in [0.717, 1.165) is 12.1 Å². The van der Waals surface area contributed by atoms with Crippen molar-refractivity contribution in [3.05, 3.63) is 17.7 Å². The molecule has 0 aliphatic heterocycles. The molecule has 0 aromatic heterocycles. The summed E-state index contributed by atoms with van der Waals surface area (Å²) in [5.74, 6) is 1.55. The highest BCUT2D eigenvalue weighted by molar-refractivity contribution is 5.53. The topological polar surface area (TPSA) is 39.7 Å². The predicted octanol–water partition coefficient (Wildman–Crippen LogP) is 2.16. The van der Waals surface area contributed by atoms with Gasteiger partial charge >= 0.3 is 0 Å². The Balaban J connectivity index is 3.00. The number of ether oxygens (including phenoxy) is 3. The summed E-state index contributed by atoms with van der Waals surface area (Å²) in [5, 5.41) is 3.22. The van der Waals surface area contributed by atoms with E-state index < -0.39 is 6.67 Å². The Morgan fingerprint density at radius 3 is 2.22 bits per heavy atom. The minimum absolute atomic E-state index is 0.0146. The number of halogens is 1. The summed E-state index contributed by atoms with van der Waals surface area (Å²) in [6, 6.07) is 3.72. The zero-order valence-corrected chi connectivity index (χ0v) is 11.1. The molecule has 0 saturated heterocycles. The minimum atomic E-state index is -0.550. The molecule has 1 N–H and O–H groups in total. The molecule has 0 bridgehead atoms. The van der Waals surface area contributed by atoms with Gasteiger partial charge in [-0.25, -0.2) is 4.39 Å². The Morgan fingerprint density at radius 1 is 1.17 bits per heavy atom. The number of benzene rings is 1. The van der Waals surface area contributed by atoms with Crippen molar-refractivity contribution in [3.8, 4) is 17.2 Å². The van der Waals surface area contributed by atoms with Crippen LogP contribution in [0, 0.1) is 0 Å². The lowest BCUT2D eigenvalue weighted by molar-refractivity contribution is 0.247. The third-order valence-electron chi connectivity index (χ3n) is 2.42. The molecule has 0 amide bonds. The van der Waals surface area contributed by atoms with Crippen molar-refractivity contribution in [1.29, 1.82) is 0 Å². The van der Waals surface area contributed by atoms with E-state index in [1.807, 2.05) is 19.1 Å². The second kappa shape index (κ2) is 7.76. The maximum absolute atomic E-state index is 12.2. The molecule has 0 aliphatic rings. The van der Waals surface area contributed by atoms with E-state index in [4.69, 9.17) is 14.2 Å². The second-order valence-corrected chi connectivity index (χ2v) is 3.65. The smallest absolute Gasteiger partial charge is 0.203 e. The van der Waals surface area contributed by atoms with Crippen LogP contribution in [0.1, 0.15) is 12.5 Å². The van der Waals surface area contributed by atoms with E-state index in [2.05, 4.69) is 5.32 Å². The van der Waals surface area contributed by atoms with E-state index >= 15 is 0 Å². The van der Waals surface area contributed by atoms with Crippen molar-refractivity contribution >= 4 is 0 Å².